The molecule has 1 aliphatic rings. The van der Waals surface area contributed by atoms with Crippen LogP contribution >= 0.6 is 34.2 Å². The Balaban J connectivity index is 2.18. The van der Waals surface area contributed by atoms with E-state index in [1.807, 2.05) is 0 Å². The molecule has 0 radical (unpaired) electrons. The highest BCUT2D eigenvalue weighted by atomic mass is 127. The van der Waals surface area contributed by atoms with Crippen LogP contribution in [0.2, 0.25) is 0 Å². The first-order valence-electron chi connectivity index (χ1n) is 4.54. The number of anilines is 1. The monoisotopic (exact) mass is 337 g/mol. The normalized spacial score (nSPS) is 21.1. The summed E-state index contributed by atoms with van der Waals surface area (Å²) in [6, 6.07) is 0. The number of aromatic nitrogens is 2. The van der Waals surface area contributed by atoms with Crippen molar-refractivity contribution < 1.29 is 4.79 Å². The van der Waals surface area contributed by atoms with Crippen LogP contribution in [0, 0.1) is 9.49 Å². The van der Waals surface area contributed by atoms with Crippen LogP contribution in [-0.2, 0) is 4.79 Å². The van der Waals surface area contributed by atoms with Crippen molar-refractivity contribution >= 4 is 46.0 Å². The highest BCUT2D eigenvalue weighted by Crippen LogP contribution is 2.22. The van der Waals surface area contributed by atoms with Gasteiger partial charge in [0.2, 0.25) is 11.9 Å². The summed E-state index contributed by atoms with van der Waals surface area (Å²) in [7, 11) is 0. The summed E-state index contributed by atoms with van der Waals surface area (Å²) in [5.41, 5.74) is 0. The number of alkyl halides is 1. The molecule has 80 valence electrons. The summed E-state index contributed by atoms with van der Waals surface area (Å²) in [4.78, 5) is 21.5. The molecule has 6 heteroatoms. The predicted molar refractivity (Wildman–Crippen MR) is 65.9 cm³/mol. The van der Waals surface area contributed by atoms with Gasteiger partial charge in [-0.15, -0.1) is 11.6 Å². The molecule has 4 nitrogen and oxygen atoms in total. The number of hydrogen-bond donors (Lipinski definition) is 0. The summed E-state index contributed by atoms with van der Waals surface area (Å²) in [5.74, 6) is 1.27. The molecule has 1 unspecified atom stereocenters. The second-order valence-electron chi connectivity index (χ2n) is 3.43. The topological polar surface area (TPSA) is 46.1 Å². The van der Waals surface area contributed by atoms with Gasteiger partial charge in [0.25, 0.3) is 0 Å². The lowest BCUT2D eigenvalue weighted by Gasteiger charge is -2.13. The van der Waals surface area contributed by atoms with Gasteiger partial charge in [-0.25, -0.2) is 9.97 Å². The van der Waals surface area contributed by atoms with E-state index in [9.17, 15) is 4.79 Å². The van der Waals surface area contributed by atoms with E-state index in [-0.39, 0.29) is 11.8 Å². The lowest BCUT2D eigenvalue weighted by atomic mass is 10.2. The van der Waals surface area contributed by atoms with Crippen LogP contribution in [0.5, 0.6) is 0 Å². The third kappa shape index (κ3) is 2.39. The Kier molecular flexibility index (Phi) is 3.40. The maximum absolute atomic E-state index is 11.6. The minimum Gasteiger partial charge on any atom is -0.280 e. The Morgan fingerprint density at radius 2 is 2.20 bits per heavy atom. The van der Waals surface area contributed by atoms with E-state index in [1.165, 1.54) is 0 Å². The number of rotatable bonds is 2. The highest BCUT2D eigenvalue weighted by Gasteiger charge is 2.31. The largest absolute Gasteiger partial charge is 0.280 e. The third-order valence-electron chi connectivity index (χ3n) is 2.27. The van der Waals surface area contributed by atoms with Crippen LogP contribution < -0.4 is 4.90 Å². The molecular formula is C9H9ClIN3O. The van der Waals surface area contributed by atoms with Crippen LogP contribution in [-0.4, -0.2) is 28.3 Å². The molecule has 0 aromatic carbocycles. The van der Waals surface area contributed by atoms with E-state index in [1.54, 1.807) is 17.3 Å². The fourth-order valence-electron chi connectivity index (χ4n) is 1.52. The summed E-state index contributed by atoms with van der Waals surface area (Å²) >= 11 is 7.86. The lowest BCUT2D eigenvalue weighted by molar-refractivity contribution is -0.117. The molecule has 1 amide bonds. The maximum Gasteiger partial charge on any atom is 0.232 e. The first-order valence-corrected chi connectivity index (χ1v) is 6.16. The minimum absolute atomic E-state index is 0.0573. The van der Waals surface area contributed by atoms with Gasteiger partial charge in [-0.2, -0.15) is 0 Å². The minimum atomic E-state index is 0.0573. The molecule has 1 aromatic heterocycles. The van der Waals surface area contributed by atoms with Gasteiger partial charge in [-0.1, -0.05) is 0 Å². The van der Waals surface area contributed by atoms with Crippen molar-refractivity contribution in [1.29, 1.82) is 0 Å². The molecule has 15 heavy (non-hydrogen) atoms. The number of amides is 1. The summed E-state index contributed by atoms with van der Waals surface area (Å²) in [5, 5.41) is 0. The molecule has 0 bridgehead atoms. The second kappa shape index (κ2) is 4.61. The van der Waals surface area contributed by atoms with Gasteiger partial charge < -0.3 is 0 Å². The zero-order valence-electron chi connectivity index (χ0n) is 7.86. The van der Waals surface area contributed by atoms with Crippen LogP contribution in [0.3, 0.4) is 0 Å². The fraction of sp³-hybridized carbons (Fsp3) is 0.444. The van der Waals surface area contributed by atoms with E-state index < -0.39 is 0 Å². The van der Waals surface area contributed by atoms with E-state index in [2.05, 4.69) is 32.6 Å². The van der Waals surface area contributed by atoms with Crippen LogP contribution in [0.25, 0.3) is 0 Å². The highest BCUT2D eigenvalue weighted by molar-refractivity contribution is 14.1. The van der Waals surface area contributed by atoms with Gasteiger partial charge in [-0.05, 0) is 28.5 Å². The smallest absolute Gasteiger partial charge is 0.232 e. The standard InChI is InChI=1S/C9H9ClIN3O/c10-2-6-1-8(15)14(5-6)9-12-3-7(11)4-13-9/h3-4,6H,1-2,5H2. The summed E-state index contributed by atoms with van der Waals surface area (Å²) in [6.45, 7) is 0.628. The number of hydrogen-bond acceptors (Lipinski definition) is 3. The Labute approximate surface area is 106 Å². The Morgan fingerprint density at radius 1 is 1.53 bits per heavy atom. The molecule has 0 N–H and O–H groups in total. The average molecular weight is 338 g/mol. The molecular weight excluding hydrogens is 328 g/mol. The number of nitrogens with zero attached hydrogens (tertiary/aromatic N) is 3. The van der Waals surface area contributed by atoms with E-state index in [0.29, 0.717) is 24.8 Å². The van der Waals surface area contributed by atoms with E-state index in [4.69, 9.17) is 11.6 Å². The predicted octanol–water partition coefficient (Wildman–Crippen LogP) is 1.67. The molecule has 1 aliphatic heterocycles. The molecule has 0 spiro atoms. The SMILES string of the molecule is O=C1CC(CCl)CN1c1ncc(I)cn1. The Hall–Kier alpha value is -0.430. The van der Waals surface area contributed by atoms with Crippen molar-refractivity contribution in [2.75, 3.05) is 17.3 Å². The molecule has 0 aliphatic carbocycles. The second-order valence-corrected chi connectivity index (χ2v) is 4.98. The van der Waals surface area contributed by atoms with Gasteiger partial charge in [0.1, 0.15) is 0 Å². The number of carbonyl (C=O) groups excluding carboxylic acids is 1. The van der Waals surface area contributed by atoms with Gasteiger partial charge in [0.05, 0.1) is 0 Å². The van der Waals surface area contributed by atoms with Gasteiger partial charge in [-0.3, -0.25) is 9.69 Å². The van der Waals surface area contributed by atoms with Crippen LogP contribution in [0.1, 0.15) is 6.42 Å². The van der Waals surface area contributed by atoms with Gasteiger partial charge >= 0.3 is 0 Å². The van der Waals surface area contributed by atoms with Crippen molar-refractivity contribution in [3.63, 3.8) is 0 Å². The zero-order valence-corrected chi connectivity index (χ0v) is 10.8. The van der Waals surface area contributed by atoms with E-state index >= 15 is 0 Å². The Morgan fingerprint density at radius 3 is 2.73 bits per heavy atom. The van der Waals surface area contributed by atoms with Crippen molar-refractivity contribution in [1.82, 2.24) is 9.97 Å². The summed E-state index contributed by atoms with van der Waals surface area (Å²) in [6.07, 6.45) is 3.90. The van der Waals surface area contributed by atoms with Crippen molar-refractivity contribution in [2.45, 2.75) is 6.42 Å². The van der Waals surface area contributed by atoms with Crippen molar-refractivity contribution in [3.05, 3.63) is 16.0 Å². The van der Waals surface area contributed by atoms with Crippen molar-refractivity contribution in [2.24, 2.45) is 5.92 Å². The number of halogens is 2. The molecule has 0 saturated carbocycles. The molecule has 2 rings (SSSR count). The first-order chi connectivity index (χ1) is 7.20. The van der Waals surface area contributed by atoms with Crippen molar-refractivity contribution in [3.8, 4) is 0 Å². The zero-order chi connectivity index (χ0) is 10.8. The van der Waals surface area contributed by atoms with Gasteiger partial charge in [0.15, 0.2) is 0 Å². The number of carbonyl (C=O) groups is 1. The van der Waals surface area contributed by atoms with Crippen LogP contribution in [0.15, 0.2) is 12.4 Å². The first kappa shape index (κ1) is 11.1. The van der Waals surface area contributed by atoms with E-state index in [0.717, 1.165) is 3.57 Å². The molecule has 1 saturated heterocycles. The quantitative estimate of drug-likeness (QED) is 0.609. The Bertz CT molecular complexity index is 370. The summed E-state index contributed by atoms with van der Waals surface area (Å²) < 4.78 is 0.955. The van der Waals surface area contributed by atoms with Gasteiger partial charge in [0, 0.05) is 34.8 Å². The molecule has 1 fully saturated rings. The molecule has 1 aromatic rings. The molecule has 2 heterocycles. The maximum atomic E-state index is 11.6. The average Bonchev–Trinajstić information content (AvgIpc) is 2.61. The third-order valence-corrected chi connectivity index (χ3v) is 3.26. The van der Waals surface area contributed by atoms with Crippen LogP contribution in [0.4, 0.5) is 5.95 Å². The fourth-order valence-corrected chi connectivity index (χ4v) is 2.01. The molecule has 1 atom stereocenters. The lowest BCUT2D eigenvalue weighted by Crippen LogP contribution is -2.26.